The average molecular weight is 603 g/mol. The van der Waals surface area contributed by atoms with Crippen LogP contribution < -0.4 is 84.3 Å². The molecule has 9 nitrogen and oxygen atoms in total. The first-order valence-corrected chi connectivity index (χ1v) is 11.1. The molecule has 0 spiro atoms. The fraction of sp³-hybridized carbons (Fsp3) is 0.192. The Morgan fingerprint density at radius 1 is 0.972 bits per heavy atom. The standard InChI is InChI=1S/C21H16N6O2.C4H9N.CH3.Cs/c1-13-8-14(26-21-17-9-15(28)3-4-18(17)22-11-24-21)2-5-19(13)29-16-6-7-27-20(10-16)23-12-25-27;1-2-4-5-3-1;;/h2-12,28H,1H3,(H,22,24,26);5H,1-4H2;1H3;/q;;-1;+1. The summed E-state index contributed by atoms with van der Waals surface area (Å²) >= 11 is 0. The number of nitrogens with zero attached hydrogens (tertiary/aromatic N) is 5. The van der Waals surface area contributed by atoms with Crippen LogP contribution in [0.3, 0.4) is 0 Å². The first-order valence-electron chi connectivity index (χ1n) is 11.1. The third-order valence-corrected chi connectivity index (χ3v) is 5.49. The molecule has 3 N–H and O–H groups in total. The zero-order valence-corrected chi connectivity index (χ0v) is 27.1. The second kappa shape index (κ2) is 13.4. The molecule has 36 heavy (non-hydrogen) atoms. The minimum Gasteiger partial charge on any atom is -0.508 e. The zero-order valence-electron chi connectivity index (χ0n) is 20.8. The van der Waals surface area contributed by atoms with E-state index in [9.17, 15) is 5.11 Å². The van der Waals surface area contributed by atoms with Crippen LogP contribution in [0.15, 0.2) is 67.4 Å². The van der Waals surface area contributed by atoms with E-state index in [-0.39, 0.29) is 82.1 Å². The predicted molar refractivity (Wildman–Crippen MR) is 137 cm³/mol. The summed E-state index contributed by atoms with van der Waals surface area (Å²) in [5, 5.41) is 21.1. The second-order valence-corrected chi connectivity index (χ2v) is 8.01. The van der Waals surface area contributed by atoms with E-state index in [0.29, 0.717) is 11.6 Å². The first kappa shape index (κ1) is 28.4. The SMILES string of the molecule is C1CCNC1.Cc1cc(Nc2ncnc3ccc(O)cc23)ccc1Oc1ccn2ncnc2c1.[CH3-].[Cs+]. The topological polar surface area (TPSA) is 109 Å². The van der Waals surface area contributed by atoms with E-state index >= 15 is 0 Å². The Bertz CT molecular complexity index is 1430. The molecule has 0 amide bonds. The van der Waals surface area contributed by atoms with Crippen molar-refractivity contribution in [3.63, 3.8) is 0 Å². The number of aryl methyl sites for hydroxylation is 1. The van der Waals surface area contributed by atoms with Crippen LogP contribution in [0.25, 0.3) is 16.6 Å². The minimum absolute atomic E-state index is 0. The Morgan fingerprint density at radius 2 is 1.81 bits per heavy atom. The van der Waals surface area contributed by atoms with Gasteiger partial charge in [-0.2, -0.15) is 5.10 Å². The minimum atomic E-state index is 0. The molecule has 6 rings (SSSR count). The Balaban J connectivity index is 0.000000463. The Morgan fingerprint density at radius 3 is 2.56 bits per heavy atom. The Hall–Kier alpha value is -2.19. The summed E-state index contributed by atoms with van der Waals surface area (Å²) in [4.78, 5) is 12.7. The summed E-state index contributed by atoms with van der Waals surface area (Å²) in [6.45, 7) is 4.47. The van der Waals surface area contributed by atoms with Crippen LogP contribution in [0.2, 0.25) is 0 Å². The number of aromatic nitrogens is 5. The molecular formula is C26H28CsN7O2. The van der Waals surface area contributed by atoms with Crippen molar-refractivity contribution in [1.82, 2.24) is 29.9 Å². The van der Waals surface area contributed by atoms with Crippen molar-refractivity contribution in [3.05, 3.63) is 80.4 Å². The van der Waals surface area contributed by atoms with E-state index < -0.39 is 0 Å². The van der Waals surface area contributed by atoms with Crippen LogP contribution in [0, 0.1) is 14.4 Å². The number of hydrogen-bond donors (Lipinski definition) is 3. The third kappa shape index (κ3) is 6.97. The molecular weight excluding hydrogens is 575 g/mol. The first-order chi connectivity index (χ1) is 16.7. The van der Waals surface area contributed by atoms with E-state index in [4.69, 9.17) is 4.74 Å². The molecule has 0 unspecified atom stereocenters. The van der Waals surface area contributed by atoms with Gasteiger partial charge in [0.15, 0.2) is 5.65 Å². The molecule has 5 aromatic rings. The van der Waals surface area contributed by atoms with Crippen molar-refractivity contribution < 1.29 is 78.7 Å². The molecule has 0 bridgehead atoms. The van der Waals surface area contributed by atoms with Crippen LogP contribution in [-0.4, -0.2) is 42.8 Å². The van der Waals surface area contributed by atoms with Gasteiger partial charge in [0.25, 0.3) is 0 Å². The number of rotatable bonds is 4. The second-order valence-electron chi connectivity index (χ2n) is 8.01. The maximum Gasteiger partial charge on any atom is 1.00 e. The molecule has 2 aromatic carbocycles. The number of phenolic OH excluding ortho intramolecular Hbond substituents is 1. The molecule has 3 aromatic heterocycles. The average Bonchev–Trinajstić information content (AvgIpc) is 3.56. The molecule has 1 aliphatic rings. The van der Waals surface area contributed by atoms with Crippen LogP contribution in [0.5, 0.6) is 17.2 Å². The number of hydrogen-bond acceptors (Lipinski definition) is 8. The van der Waals surface area contributed by atoms with Gasteiger partial charge in [0.2, 0.25) is 0 Å². The van der Waals surface area contributed by atoms with Gasteiger partial charge >= 0.3 is 68.9 Å². The monoisotopic (exact) mass is 603 g/mol. The summed E-state index contributed by atoms with van der Waals surface area (Å²) in [5.41, 5.74) is 3.28. The largest absolute Gasteiger partial charge is 1.00 e. The number of aromatic hydroxyl groups is 1. The molecule has 1 saturated heterocycles. The number of benzene rings is 2. The maximum absolute atomic E-state index is 9.78. The zero-order chi connectivity index (χ0) is 23.3. The van der Waals surface area contributed by atoms with Gasteiger partial charge in [-0.15, -0.1) is 0 Å². The summed E-state index contributed by atoms with van der Waals surface area (Å²) in [6.07, 6.45) is 7.58. The van der Waals surface area contributed by atoms with Crippen LogP contribution >= 0.6 is 0 Å². The van der Waals surface area contributed by atoms with Gasteiger partial charge in [-0.25, -0.2) is 19.5 Å². The van der Waals surface area contributed by atoms with Crippen LogP contribution in [-0.2, 0) is 0 Å². The van der Waals surface area contributed by atoms with Gasteiger partial charge < -0.3 is 27.9 Å². The van der Waals surface area contributed by atoms with Gasteiger partial charge in [0.1, 0.15) is 35.7 Å². The normalized spacial score (nSPS) is 12.2. The Kier molecular flexibility index (Phi) is 10.6. The van der Waals surface area contributed by atoms with Gasteiger partial charge in [-0.3, -0.25) is 0 Å². The molecule has 0 saturated carbocycles. The van der Waals surface area contributed by atoms with Gasteiger partial charge in [-0.05, 0) is 80.9 Å². The van der Waals surface area contributed by atoms with Crippen molar-refractivity contribution >= 4 is 28.1 Å². The summed E-state index contributed by atoms with van der Waals surface area (Å²) in [5.74, 6) is 2.22. The number of anilines is 2. The number of phenols is 1. The molecule has 10 heteroatoms. The number of ether oxygens (including phenoxy) is 1. The third-order valence-electron chi connectivity index (χ3n) is 5.49. The summed E-state index contributed by atoms with van der Waals surface area (Å²) < 4.78 is 7.69. The molecule has 1 aliphatic heterocycles. The van der Waals surface area contributed by atoms with E-state index in [1.807, 2.05) is 37.3 Å². The van der Waals surface area contributed by atoms with Gasteiger partial charge in [-0.1, -0.05) is 0 Å². The van der Waals surface area contributed by atoms with E-state index in [0.717, 1.165) is 33.6 Å². The van der Waals surface area contributed by atoms with Crippen molar-refractivity contribution in [2.45, 2.75) is 19.8 Å². The molecule has 4 heterocycles. The maximum atomic E-state index is 9.78. The van der Waals surface area contributed by atoms with Crippen molar-refractivity contribution in [2.75, 3.05) is 18.4 Å². The van der Waals surface area contributed by atoms with Crippen molar-refractivity contribution in [2.24, 2.45) is 0 Å². The molecule has 0 aliphatic carbocycles. The summed E-state index contributed by atoms with van der Waals surface area (Å²) in [6, 6.07) is 14.5. The van der Waals surface area contributed by atoms with Crippen molar-refractivity contribution in [3.8, 4) is 17.2 Å². The Labute approximate surface area is 269 Å². The molecule has 0 atom stereocenters. The number of pyridine rings is 1. The molecule has 1 fully saturated rings. The fourth-order valence-electron chi connectivity index (χ4n) is 3.73. The molecule has 180 valence electrons. The predicted octanol–water partition coefficient (Wildman–Crippen LogP) is 2.05. The van der Waals surface area contributed by atoms with Crippen LogP contribution in [0.1, 0.15) is 18.4 Å². The van der Waals surface area contributed by atoms with Gasteiger partial charge in [0, 0.05) is 23.3 Å². The van der Waals surface area contributed by atoms with Crippen LogP contribution in [0.4, 0.5) is 11.5 Å². The van der Waals surface area contributed by atoms with E-state index in [2.05, 4.69) is 30.7 Å². The molecule has 0 radical (unpaired) electrons. The summed E-state index contributed by atoms with van der Waals surface area (Å²) in [7, 11) is 0. The number of nitrogens with one attached hydrogen (secondary N) is 2. The fourth-order valence-corrected chi connectivity index (χ4v) is 3.73. The van der Waals surface area contributed by atoms with Crippen molar-refractivity contribution in [1.29, 1.82) is 0 Å². The smallest absolute Gasteiger partial charge is 0.508 e. The van der Waals surface area contributed by atoms with E-state index in [1.165, 1.54) is 38.6 Å². The quantitative estimate of drug-likeness (QED) is 0.268. The van der Waals surface area contributed by atoms with E-state index in [1.54, 1.807) is 28.9 Å². The van der Waals surface area contributed by atoms with Gasteiger partial charge in [0.05, 0.1) is 5.52 Å². The number of fused-ring (bicyclic) bond motifs is 2.